The Morgan fingerprint density at radius 1 is 1.17 bits per heavy atom. The van der Waals surface area contributed by atoms with E-state index in [2.05, 4.69) is 35.0 Å². The SMILES string of the molecule is COC1CCC(Nc2ccc3sccc3c2)CC1. The fourth-order valence-corrected chi connectivity index (χ4v) is 3.51. The minimum absolute atomic E-state index is 0.474. The number of benzene rings is 1. The van der Waals surface area contributed by atoms with Crippen molar-refractivity contribution in [3.8, 4) is 0 Å². The molecule has 1 aromatic carbocycles. The van der Waals surface area contributed by atoms with Crippen LogP contribution in [0.25, 0.3) is 10.1 Å². The lowest BCUT2D eigenvalue weighted by Gasteiger charge is -2.28. The van der Waals surface area contributed by atoms with Crippen molar-refractivity contribution in [1.82, 2.24) is 0 Å². The molecule has 1 saturated carbocycles. The molecule has 0 spiro atoms. The molecule has 0 aliphatic heterocycles. The van der Waals surface area contributed by atoms with Crippen molar-refractivity contribution in [3.63, 3.8) is 0 Å². The molecule has 0 radical (unpaired) electrons. The highest BCUT2D eigenvalue weighted by molar-refractivity contribution is 7.17. The molecule has 0 atom stereocenters. The van der Waals surface area contributed by atoms with E-state index in [4.69, 9.17) is 4.74 Å². The molecule has 96 valence electrons. The highest BCUT2D eigenvalue weighted by atomic mass is 32.1. The molecular formula is C15H19NOS. The van der Waals surface area contributed by atoms with Crippen molar-refractivity contribution in [2.75, 3.05) is 12.4 Å². The van der Waals surface area contributed by atoms with Crippen molar-refractivity contribution >= 4 is 27.1 Å². The van der Waals surface area contributed by atoms with Gasteiger partial charge in [0.05, 0.1) is 6.10 Å². The van der Waals surface area contributed by atoms with Crippen LogP contribution in [0.1, 0.15) is 25.7 Å². The van der Waals surface area contributed by atoms with Crippen LogP contribution in [-0.2, 0) is 4.74 Å². The molecular weight excluding hydrogens is 242 g/mol. The lowest BCUT2D eigenvalue weighted by Crippen LogP contribution is -2.29. The predicted octanol–water partition coefficient (Wildman–Crippen LogP) is 4.27. The van der Waals surface area contributed by atoms with Crippen molar-refractivity contribution in [3.05, 3.63) is 29.6 Å². The van der Waals surface area contributed by atoms with Crippen LogP contribution in [0, 0.1) is 0 Å². The van der Waals surface area contributed by atoms with Crippen molar-refractivity contribution in [2.45, 2.75) is 37.8 Å². The summed E-state index contributed by atoms with van der Waals surface area (Å²) in [5, 5.41) is 7.15. The third-order valence-corrected chi connectivity index (χ3v) is 4.73. The van der Waals surface area contributed by atoms with Gasteiger partial charge in [0, 0.05) is 23.5 Å². The van der Waals surface area contributed by atoms with Crippen LogP contribution >= 0.6 is 11.3 Å². The zero-order valence-electron chi connectivity index (χ0n) is 10.7. The highest BCUT2D eigenvalue weighted by Crippen LogP contribution is 2.27. The number of fused-ring (bicyclic) bond motifs is 1. The monoisotopic (exact) mass is 261 g/mol. The lowest BCUT2D eigenvalue weighted by atomic mass is 9.93. The minimum Gasteiger partial charge on any atom is -0.382 e. The number of rotatable bonds is 3. The molecule has 1 N–H and O–H groups in total. The number of ether oxygens (including phenoxy) is 1. The molecule has 1 aliphatic carbocycles. The van der Waals surface area contributed by atoms with E-state index in [1.54, 1.807) is 11.3 Å². The first-order valence-corrected chi connectivity index (χ1v) is 7.50. The highest BCUT2D eigenvalue weighted by Gasteiger charge is 2.20. The van der Waals surface area contributed by atoms with E-state index in [-0.39, 0.29) is 0 Å². The summed E-state index contributed by atoms with van der Waals surface area (Å²) in [5.41, 5.74) is 1.25. The van der Waals surface area contributed by atoms with Gasteiger partial charge in [-0.25, -0.2) is 0 Å². The second kappa shape index (κ2) is 5.29. The molecule has 1 heterocycles. The Kier molecular flexibility index (Phi) is 3.52. The second-order valence-electron chi connectivity index (χ2n) is 5.03. The van der Waals surface area contributed by atoms with Crippen LogP contribution in [0.5, 0.6) is 0 Å². The number of methoxy groups -OCH3 is 1. The van der Waals surface area contributed by atoms with Crippen LogP contribution in [0.4, 0.5) is 5.69 Å². The number of thiophene rings is 1. The molecule has 0 bridgehead atoms. The van der Waals surface area contributed by atoms with Gasteiger partial charge in [-0.3, -0.25) is 0 Å². The number of nitrogens with one attached hydrogen (secondary N) is 1. The molecule has 1 aromatic heterocycles. The third-order valence-electron chi connectivity index (χ3n) is 3.83. The summed E-state index contributed by atoms with van der Waals surface area (Å²) < 4.78 is 6.77. The van der Waals surface area contributed by atoms with Crippen molar-refractivity contribution < 1.29 is 4.74 Å². The Hall–Kier alpha value is -1.06. The fraction of sp³-hybridized carbons (Fsp3) is 0.467. The normalized spacial score (nSPS) is 24.3. The number of anilines is 1. The molecule has 2 aromatic rings. The van der Waals surface area contributed by atoms with Crippen LogP contribution < -0.4 is 5.32 Å². The van der Waals surface area contributed by atoms with Gasteiger partial charge in [0.15, 0.2) is 0 Å². The molecule has 18 heavy (non-hydrogen) atoms. The Labute approximate surface area is 112 Å². The van der Waals surface area contributed by atoms with Crippen LogP contribution in [0.15, 0.2) is 29.6 Å². The van der Waals surface area contributed by atoms with Gasteiger partial charge in [-0.2, -0.15) is 0 Å². The number of hydrogen-bond acceptors (Lipinski definition) is 3. The maximum absolute atomic E-state index is 5.41. The topological polar surface area (TPSA) is 21.3 Å². The van der Waals surface area contributed by atoms with E-state index in [9.17, 15) is 0 Å². The summed E-state index contributed by atoms with van der Waals surface area (Å²) in [6, 6.07) is 9.46. The quantitative estimate of drug-likeness (QED) is 0.891. The van der Waals surface area contributed by atoms with E-state index in [0.717, 1.165) is 0 Å². The summed E-state index contributed by atoms with van der Waals surface area (Å²) in [6.45, 7) is 0. The summed E-state index contributed by atoms with van der Waals surface area (Å²) in [6.07, 6.45) is 5.24. The molecule has 0 amide bonds. The summed E-state index contributed by atoms with van der Waals surface area (Å²) >= 11 is 1.80. The average molecular weight is 261 g/mol. The first-order valence-electron chi connectivity index (χ1n) is 6.62. The van der Waals surface area contributed by atoms with Gasteiger partial charge in [-0.15, -0.1) is 11.3 Å². The minimum atomic E-state index is 0.474. The zero-order valence-corrected chi connectivity index (χ0v) is 11.5. The van der Waals surface area contributed by atoms with E-state index in [1.807, 2.05) is 7.11 Å². The van der Waals surface area contributed by atoms with Gasteiger partial charge in [0.25, 0.3) is 0 Å². The summed E-state index contributed by atoms with van der Waals surface area (Å²) in [4.78, 5) is 0. The molecule has 0 saturated heterocycles. The first-order chi connectivity index (χ1) is 8.85. The Morgan fingerprint density at radius 3 is 2.78 bits per heavy atom. The van der Waals surface area contributed by atoms with Gasteiger partial charge in [-0.1, -0.05) is 0 Å². The smallest absolute Gasteiger partial charge is 0.0572 e. The third kappa shape index (κ3) is 2.52. The van der Waals surface area contributed by atoms with Crippen molar-refractivity contribution in [2.24, 2.45) is 0 Å². The van der Waals surface area contributed by atoms with Gasteiger partial charge in [-0.05, 0) is 60.7 Å². The Balaban J connectivity index is 1.65. The summed E-state index contributed by atoms with van der Waals surface area (Å²) in [7, 11) is 1.82. The Bertz CT molecular complexity index is 514. The Morgan fingerprint density at radius 2 is 2.00 bits per heavy atom. The largest absolute Gasteiger partial charge is 0.382 e. The summed E-state index contributed by atoms with van der Waals surface area (Å²) in [5.74, 6) is 0. The van der Waals surface area contributed by atoms with E-state index in [0.29, 0.717) is 12.1 Å². The predicted molar refractivity (Wildman–Crippen MR) is 78.5 cm³/mol. The molecule has 3 heteroatoms. The van der Waals surface area contributed by atoms with Gasteiger partial charge in [0.1, 0.15) is 0 Å². The molecule has 0 unspecified atom stereocenters. The van der Waals surface area contributed by atoms with Gasteiger partial charge < -0.3 is 10.1 Å². The molecule has 1 aliphatic rings. The zero-order chi connectivity index (χ0) is 12.4. The number of hydrogen-bond donors (Lipinski definition) is 1. The van der Waals surface area contributed by atoms with E-state index < -0.39 is 0 Å². The standard InChI is InChI=1S/C15H19NOS/c1-17-14-5-2-12(3-6-14)16-13-4-7-15-11(10-13)8-9-18-15/h4,7-10,12,14,16H,2-3,5-6H2,1H3. The molecule has 2 nitrogen and oxygen atoms in total. The van der Waals surface area contributed by atoms with Gasteiger partial charge >= 0.3 is 0 Å². The maximum atomic E-state index is 5.41. The lowest BCUT2D eigenvalue weighted by molar-refractivity contribution is 0.0682. The molecule has 1 fully saturated rings. The van der Waals surface area contributed by atoms with Gasteiger partial charge in [0.2, 0.25) is 0 Å². The van der Waals surface area contributed by atoms with Crippen LogP contribution in [-0.4, -0.2) is 19.3 Å². The van der Waals surface area contributed by atoms with E-state index in [1.165, 1.54) is 41.5 Å². The molecule has 3 rings (SSSR count). The fourth-order valence-electron chi connectivity index (χ4n) is 2.74. The second-order valence-corrected chi connectivity index (χ2v) is 5.97. The van der Waals surface area contributed by atoms with Crippen LogP contribution in [0.2, 0.25) is 0 Å². The van der Waals surface area contributed by atoms with Crippen molar-refractivity contribution in [1.29, 1.82) is 0 Å². The average Bonchev–Trinajstić information content (AvgIpc) is 2.87. The first kappa shape index (κ1) is 12.0. The van der Waals surface area contributed by atoms with Crippen LogP contribution in [0.3, 0.4) is 0 Å². The van der Waals surface area contributed by atoms with E-state index >= 15 is 0 Å². The maximum Gasteiger partial charge on any atom is 0.0572 e.